The number of aromatic nitrogens is 2. The lowest BCUT2D eigenvalue weighted by atomic mass is 9.62. The number of allylic oxidation sites excluding steroid dienone is 1. The van der Waals surface area contributed by atoms with Crippen LogP contribution in [0.25, 0.3) is 0 Å². The van der Waals surface area contributed by atoms with Crippen LogP contribution in [0.2, 0.25) is 0 Å². The quantitative estimate of drug-likeness (QED) is 0.867. The Morgan fingerprint density at radius 2 is 2.24 bits per heavy atom. The largest absolute Gasteiger partial charge is 0.438 e. The van der Waals surface area contributed by atoms with Crippen molar-refractivity contribution >= 4 is 12.0 Å². The van der Waals surface area contributed by atoms with E-state index in [2.05, 4.69) is 21.9 Å². The van der Waals surface area contributed by atoms with Gasteiger partial charge in [-0.15, -0.1) is 0 Å². The highest BCUT2D eigenvalue weighted by atomic mass is 16.6. The summed E-state index contributed by atoms with van der Waals surface area (Å²) in [6.07, 6.45) is 3.37. The molecule has 4 heterocycles. The van der Waals surface area contributed by atoms with Crippen LogP contribution in [0.5, 0.6) is 0 Å². The Hall–Kier alpha value is -2.44. The zero-order chi connectivity index (χ0) is 14.6. The fourth-order valence-electron chi connectivity index (χ4n) is 3.35. The molecule has 4 fully saturated rings. The molecule has 2 amide bonds. The molecule has 1 aliphatic carbocycles. The number of carbonyl (C=O) groups excluding carboxylic acids is 2. The van der Waals surface area contributed by atoms with E-state index in [9.17, 15) is 9.59 Å². The topological polar surface area (TPSA) is 84.4 Å². The average molecular weight is 286 g/mol. The summed E-state index contributed by atoms with van der Waals surface area (Å²) in [6.45, 7) is 4.18. The number of hydrogen-bond donors (Lipinski definition) is 1. The van der Waals surface area contributed by atoms with Gasteiger partial charge in [-0.05, 0) is 18.9 Å². The molecule has 1 unspecified atom stereocenters. The minimum absolute atomic E-state index is 0.157. The Bertz CT molecular complexity index is 639. The van der Waals surface area contributed by atoms with Gasteiger partial charge in [-0.3, -0.25) is 9.69 Å². The molecule has 3 aliphatic heterocycles. The minimum atomic E-state index is -0.773. The number of cyclic esters (lactones) is 1. The zero-order valence-corrected chi connectivity index (χ0v) is 11.3. The van der Waals surface area contributed by atoms with E-state index in [1.54, 1.807) is 12.3 Å². The van der Waals surface area contributed by atoms with E-state index in [1.807, 2.05) is 0 Å². The molecule has 1 aromatic heterocycles. The average Bonchev–Trinajstić information content (AvgIpc) is 2.81. The van der Waals surface area contributed by atoms with Gasteiger partial charge in [-0.1, -0.05) is 6.58 Å². The third-order valence-electron chi connectivity index (χ3n) is 4.62. The van der Waals surface area contributed by atoms with Gasteiger partial charge < -0.3 is 10.1 Å². The number of hydrogen-bond acceptors (Lipinski definition) is 5. The summed E-state index contributed by atoms with van der Waals surface area (Å²) < 4.78 is 5.37. The standard InChI is InChI=1S/C14H14N4O3/c1-8-9-4-14(5-9,12(19)17-8)18-6-11(21-13(18)20)10-2-3-15-7-16-10/h2-3,7,9,11H,1,4-6H2,(H,17,19). The monoisotopic (exact) mass is 286 g/mol. The number of fused-ring (bicyclic) bond motifs is 2. The molecule has 4 aliphatic rings. The molecule has 0 radical (unpaired) electrons. The molecular weight excluding hydrogens is 272 g/mol. The van der Waals surface area contributed by atoms with Crippen molar-refractivity contribution in [3.8, 4) is 0 Å². The van der Waals surface area contributed by atoms with Crippen LogP contribution in [-0.4, -0.2) is 39.0 Å². The highest BCUT2D eigenvalue weighted by Crippen LogP contribution is 2.50. The third-order valence-corrected chi connectivity index (χ3v) is 4.62. The predicted octanol–water partition coefficient (Wildman–Crippen LogP) is 0.762. The van der Waals surface area contributed by atoms with Gasteiger partial charge >= 0.3 is 6.09 Å². The van der Waals surface area contributed by atoms with E-state index in [1.165, 1.54) is 11.2 Å². The van der Waals surface area contributed by atoms with Crippen LogP contribution in [0.15, 0.2) is 30.9 Å². The Morgan fingerprint density at radius 3 is 2.90 bits per heavy atom. The van der Waals surface area contributed by atoms with Crippen molar-refractivity contribution in [2.45, 2.75) is 24.5 Å². The maximum absolute atomic E-state index is 12.3. The summed E-state index contributed by atoms with van der Waals surface area (Å²) in [7, 11) is 0. The summed E-state index contributed by atoms with van der Waals surface area (Å²) in [5, 5.41) is 2.76. The minimum Gasteiger partial charge on any atom is -0.438 e. The van der Waals surface area contributed by atoms with Crippen LogP contribution in [0.1, 0.15) is 24.6 Å². The second-order valence-electron chi connectivity index (χ2n) is 5.73. The van der Waals surface area contributed by atoms with Gasteiger partial charge in [0.1, 0.15) is 11.9 Å². The molecule has 0 aromatic carbocycles. The van der Waals surface area contributed by atoms with E-state index in [-0.39, 0.29) is 11.8 Å². The van der Waals surface area contributed by atoms with Crippen molar-refractivity contribution in [2.24, 2.45) is 5.92 Å². The lowest BCUT2D eigenvalue weighted by Gasteiger charge is -2.54. The molecule has 108 valence electrons. The van der Waals surface area contributed by atoms with Gasteiger partial charge in [0.25, 0.3) is 0 Å². The number of nitrogens with one attached hydrogen (secondary N) is 1. The van der Waals surface area contributed by atoms with E-state index in [4.69, 9.17) is 4.74 Å². The molecule has 7 heteroatoms. The molecule has 1 saturated carbocycles. The molecule has 0 spiro atoms. The van der Waals surface area contributed by atoms with Crippen molar-refractivity contribution in [1.29, 1.82) is 0 Å². The fourth-order valence-corrected chi connectivity index (χ4v) is 3.35. The van der Waals surface area contributed by atoms with Crippen LogP contribution < -0.4 is 5.32 Å². The summed E-state index contributed by atoms with van der Waals surface area (Å²) in [4.78, 5) is 34.0. The first-order valence-electron chi connectivity index (χ1n) is 6.84. The second kappa shape index (κ2) is 4.03. The summed E-state index contributed by atoms with van der Waals surface area (Å²) >= 11 is 0. The molecule has 1 aromatic rings. The number of carbonyl (C=O) groups is 2. The summed E-state index contributed by atoms with van der Waals surface area (Å²) in [6, 6.07) is 1.71. The lowest BCUT2D eigenvalue weighted by Crippen LogP contribution is -2.70. The maximum atomic E-state index is 12.3. The van der Waals surface area contributed by atoms with Crippen molar-refractivity contribution in [3.05, 3.63) is 36.6 Å². The predicted molar refractivity (Wildman–Crippen MR) is 70.7 cm³/mol. The van der Waals surface area contributed by atoms with Gasteiger partial charge in [0.2, 0.25) is 5.91 Å². The third kappa shape index (κ3) is 1.60. The molecule has 2 bridgehead atoms. The smallest absolute Gasteiger partial charge is 0.411 e. The van der Waals surface area contributed by atoms with Gasteiger partial charge in [0, 0.05) is 17.8 Å². The van der Waals surface area contributed by atoms with Crippen LogP contribution in [0.4, 0.5) is 4.79 Å². The van der Waals surface area contributed by atoms with Gasteiger partial charge in [0.05, 0.1) is 12.2 Å². The highest BCUT2D eigenvalue weighted by molar-refractivity contribution is 5.94. The summed E-state index contributed by atoms with van der Waals surface area (Å²) in [5.41, 5.74) is 0.626. The zero-order valence-electron chi connectivity index (χ0n) is 11.3. The number of amides is 2. The van der Waals surface area contributed by atoms with Crippen molar-refractivity contribution in [2.75, 3.05) is 6.54 Å². The Labute approximate surface area is 121 Å². The number of nitrogens with zero attached hydrogens (tertiary/aromatic N) is 3. The number of piperidine rings is 2. The van der Waals surface area contributed by atoms with Crippen LogP contribution in [0, 0.1) is 5.92 Å². The first-order chi connectivity index (χ1) is 10.1. The SMILES string of the molecule is C=C1NC(=O)C2(N3CC(c4ccncn4)OC3=O)CC1C2. The Kier molecular flexibility index (Phi) is 2.36. The molecule has 5 rings (SSSR count). The molecule has 21 heavy (non-hydrogen) atoms. The van der Waals surface area contributed by atoms with Crippen molar-refractivity contribution in [1.82, 2.24) is 20.2 Å². The first kappa shape index (κ1) is 12.3. The van der Waals surface area contributed by atoms with Crippen molar-refractivity contribution in [3.63, 3.8) is 0 Å². The van der Waals surface area contributed by atoms with E-state index >= 15 is 0 Å². The lowest BCUT2D eigenvalue weighted by molar-refractivity contribution is -0.143. The normalized spacial score (nSPS) is 34.3. The molecule has 3 saturated heterocycles. The highest BCUT2D eigenvalue weighted by Gasteiger charge is 2.62. The summed E-state index contributed by atoms with van der Waals surface area (Å²) in [5.74, 6) is 0.101. The molecule has 1 atom stereocenters. The van der Waals surface area contributed by atoms with E-state index in [0.29, 0.717) is 25.1 Å². The molecule has 7 nitrogen and oxygen atoms in total. The van der Waals surface area contributed by atoms with E-state index < -0.39 is 17.7 Å². The first-order valence-corrected chi connectivity index (χ1v) is 6.84. The number of rotatable bonds is 2. The van der Waals surface area contributed by atoms with Gasteiger partial charge in [0.15, 0.2) is 6.10 Å². The Balaban J connectivity index is 1.59. The molecule has 1 N–H and O–H groups in total. The Morgan fingerprint density at radius 1 is 1.43 bits per heavy atom. The van der Waals surface area contributed by atoms with Crippen LogP contribution in [0.3, 0.4) is 0 Å². The van der Waals surface area contributed by atoms with Gasteiger partial charge in [-0.2, -0.15) is 0 Å². The molecular formula is C14H14N4O3. The second-order valence-corrected chi connectivity index (χ2v) is 5.73. The van der Waals surface area contributed by atoms with E-state index in [0.717, 1.165) is 5.70 Å². The van der Waals surface area contributed by atoms with Gasteiger partial charge in [-0.25, -0.2) is 14.8 Å². The maximum Gasteiger partial charge on any atom is 0.411 e. The van der Waals surface area contributed by atoms with Crippen molar-refractivity contribution < 1.29 is 14.3 Å². The number of ether oxygens (including phenoxy) is 1. The fraction of sp³-hybridized carbons (Fsp3) is 0.429. The van der Waals surface area contributed by atoms with Crippen LogP contribution >= 0.6 is 0 Å². The van der Waals surface area contributed by atoms with Crippen LogP contribution in [-0.2, 0) is 9.53 Å².